The van der Waals surface area contributed by atoms with Gasteiger partial charge in [0, 0.05) is 23.0 Å². The van der Waals surface area contributed by atoms with Crippen molar-refractivity contribution in [3.63, 3.8) is 0 Å². The summed E-state index contributed by atoms with van der Waals surface area (Å²) in [6.45, 7) is 3.84. The number of imidazole rings is 1. The second-order valence-electron chi connectivity index (χ2n) is 8.08. The molecule has 3 heterocycles. The third kappa shape index (κ3) is 2.32. The van der Waals surface area contributed by atoms with Gasteiger partial charge < -0.3 is 19.0 Å². The zero-order chi connectivity index (χ0) is 19.0. The monoisotopic (exact) mass is 376 g/mol. The van der Waals surface area contributed by atoms with Crippen molar-refractivity contribution < 1.29 is 9.05 Å². The molecule has 0 spiro atoms. The van der Waals surface area contributed by atoms with Gasteiger partial charge in [0.15, 0.2) is 0 Å². The number of nitrogens with zero attached hydrogens (tertiary/aromatic N) is 2. The Morgan fingerprint density at radius 2 is 1.75 bits per heavy atom. The molecule has 4 aromatic rings. The molecule has 28 heavy (non-hydrogen) atoms. The summed E-state index contributed by atoms with van der Waals surface area (Å²) in [5, 5.41) is 8.55. The predicted octanol–water partition coefficient (Wildman–Crippen LogP) is 4.54. The number of H-pyrrole nitrogens is 2. The average molecular weight is 376 g/mol. The molecular weight excluding hydrogens is 356 g/mol. The maximum Gasteiger partial charge on any atom is 0.323 e. The average Bonchev–Trinajstić information content (AvgIpc) is 3.58. The number of aromatic amines is 2. The Labute approximate surface area is 160 Å². The van der Waals surface area contributed by atoms with Gasteiger partial charge in [0.2, 0.25) is 0 Å². The lowest BCUT2D eigenvalue weighted by atomic mass is 9.93. The van der Waals surface area contributed by atoms with Crippen LogP contribution in [0.3, 0.4) is 0 Å². The molecule has 0 amide bonds. The van der Waals surface area contributed by atoms with Crippen molar-refractivity contribution in [3.8, 4) is 22.3 Å². The molecular formula is C21H20N4O3. The number of hydrogen-bond acceptors (Lipinski definition) is 5. The van der Waals surface area contributed by atoms with Crippen molar-refractivity contribution in [1.29, 1.82) is 0 Å². The van der Waals surface area contributed by atoms with Gasteiger partial charge in [0.1, 0.15) is 11.5 Å². The van der Waals surface area contributed by atoms with Crippen molar-refractivity contribution in [1.82, 2.24) is 20.3 Å². The van der Waals surface area contributed by atoms with Crippen molar-refractivity contribution in [2.75, 3.05) is 0 Å². The molecule has 0 radical (unpaired) electrons. The molecule has 2 saturated carbocycles. The van der Waals surface area contributed by atoms with E-state index in [0.717, 1.165) is 81.9 Å². The minimum Gasteiger partial charge on any atom is -0.361 e. The fraction of sp³-hybridized carbons (Fsp3) is 0.381. The molecule has 2 N–H and O–H groups in total. The highest BCUT2D eigenvalue weighted by Crippen LogP contribution is 2.52. The lowest BCUT2D eigenvalue weighted by Crippen LogP contribution is -1.99. The first-order chi connectivity index (χ1) is 13.6. The van der Waals surface area contributed by atoms with Crippen molar-refractivity contribution in [2.24, 2.45) is 0 Å². The van der Waals surface area contributed by atoms with E-state index < -0.39 is 0 Å². The minimum atomic E-state index is -0.218. The second-order valence-corrected chi connectivity index (χ2v) is 8.08. The smallest absolute Gasteiger partial charge is 0.323 e. The van der Waals surface area contributed by atoms with Gasteiger partial charge in [-0.25, -0.2) is 4.79 Å². The van der Waals surface area contributed by atoms with Crippen LogP contribution in [0.25, 0.3) is 33.3 Å². The standard InChI is InChI=1S/C21H20N4O3/c1-9-16(10(2)27-24-9)13-7-14(19-15(8-13)22-21(26)23-19)17-18(11-3-4-11)25-28-20(17)12-5-6-12/h7-8,11-12H,3-6H2,1-2H3,(H2,22,23,26). The van der Waals surface area contributed by atoms with E-state index >= 15 is 0 Å². The summed E-state index contributed by atoms with van der Waals surface area (Å²) in [6.07, 6.45) is 4.53. The summed E-state index contributed by atoms with van der Waals surface area (Å²) < 4.78 is 11.2. The van der Waals surface area contributed by atoms with Crippen LogP contribution < -0.4 is 5.69 Å². The predicted molar refractivity (Wildman–Crippen MR) is 103 cm³/mol. The largest absolute Gasteiger partial charge is 0.361 e. The van der Waals surface area contributed by atoms with E-state index in [1.807, 2.05) is 19.9 Å². The lowest BCUT2D eigenvalue weighted by molar-refractivity contribution is 0.378. The molecule has 2 fully saturated rings. The summed E-state index contributed by atoms with van der Waals surface area (Å²) >= 11 is 0. The minimum absolute atomic E-state index is 0.218. The zero-order valence-electron chi connectivity index (χ0n) is 15.8. The summed E-state index contributed by atoms with van der Waals surface area (Å²) in [7, 11) is 0. The highest BCUT2D eigenvalue weighted by molar-refractivity contribution is 5.97. The van der Waals surface area contributed by atoms with Gasteiger partial charge in [-0.1, -0.05) is 10.3 Å². The number of hydrogen-bond donors (Lipinski definition) is 2. The Balaban J connectivity index is 1.68. The first-order valence-corrected chi connectivity index (χ1v) is 9.79. The van der Waals surface area contributed by atoms with Gasteiger partial charge >= 0.3 is 5.69 Å². The number of benzene rings is 1. The molecule has 0 aliphatic heterocycles. The first-order valence-electron chi connectivity index (χ1n) is 9.79. The van der Waals surface area contributed by atoms with E-state index in [1.54, 1.807) is 0 Å². The third-order valence-corrected chi connectivity index (χ3v) is 5.87. The Hall–Kier alpha value is -3.09. The molecule has 1 aromatic carbocycles. The van der Waals surface area contributed by atoms with Crippen LogP contribution in [0, 0.1) is 13.8 Å². The molecule has 7 nitrogen and oxygen atoms in total. The number of fused-ring (bicyclic) bond motifs is 1. The summed E-state index contributed by atoms with van der Waals surface area (Å²) in [6, 6.07) is 4.09. The normalized spacial score (nSPS) is 16.9. The van der Waals surface area contributed by atoms with E-state index in [1.165, 1.54) is 0 Å². The fourth-order valence-electron chi connectivity index (χ4n) is 4.23. The molecule has 2 aliphatic carbocycles. The topological polar surface area (TPSA) is 101 Å². The number of nitrogens with one attached hydrogen (secondary N) is 2. The van der Waals surface area contributed by atoms with E-state index in [2.05, 4.69) is 26.3 Å². The van der Waals surface area contributed by atoms with Crippen LogP contribution >= 0.6 is 0 Å². The number of aromatic nitrogens is 4. The maximum absolute atomic E-state index is 12.1. The third-order valence-electron chi connectivity index (χ3n) is 5.87. The Bertz CT molecular complexity index is 1230. The molecule has 0 bridgehead atoms. The van der Waals surface area contributed by atoms with Crippen LogP contribution in [-0.4, -0.2) is 20.3 Å². The summed E-state index contributed by atoms with van der Waals surface area (Å²) in [5.41, 5.74) is 7.17. The summed E-state index contributed by atoms with van der Waals surface area (Å²) in [5.74, 6) is 2.60. The van der Waals surface area contributed by atoms with Gasteiger partial charge in [0.05, 0.1) is 28.0 Å². The Kier molecular flexibility index (Phi) is 3.11. The quantitative estimate of drug-likeness (QED) is 0.545. The highest BCUT2D eigenvalue weighted by Gasteiger charge is 2.38. The Morgan fingerprint density at radius 3 is 2.43 bits per heavy atom. The van der Waals surface area contributed by atoms with Gasteiger partial charge in [-0.3, -0.25) is 0 Å². The molecule has 142 valence electrons. The molecule has 3 aromatic heterocycles. The van der Waals surface area contributed by atoms with Crippen LogP contribution in [-0.2, 0) is 0 Å². The van der Waals surface area contributed by atoms with Gasteiger partial charge in [-0.05, 0) is 57.2 Å². The molecule has 6 rings (SSSR count). The molecule has 0 atom stereocenters. The van der Waals surface area contributed by atoms with Crippen LogP contribution in [0.15, 0.2) is 26.0 Å². The molecule has 0 saturated heterocycles. The van der Waals surface area contributed by atoms with Gasteiger partial charge in [-0.2, -0.15) is 0 Å². The molecule has 7 heteroatoms. The van der Waals surface area contributed by atoms with Crippen LogP contribution in [0.1, 0.15) is 60.4 Å². The first kappa shape index (κ1) is 15.9. The van der Waals surface area contributed by atoms with E-state index in [4.69, 9.17) is 9.05 Å². The zero-order valence-corrected chi connectivity index (χ0v) is 15.8. The number of aryl methyl sites for hydroxylation is 2. The van der Waals surface area contributed by atoms with E-state index in [-0.39, 0.29) is 5.69 Å². The van der Waals surface area contributed by atoms with Crippen molar-refractivity contribution in [3.05, 3.63) is 45.5 Å². The maximum atomic E-state index is 12.1. The van der Waals surface area contributed by atoms with Crippen LogP contribution in [0.5, 0.6) is 0 Å². The number of rotatable bonds is 4. The van der Waals surface area contributed by atoms with Crippen LogP contribution in [0.2, 0.25) is 0 Å². The van der Waals surface area contributed by atoms with Crippen molar-refractivity contribution >= 4 is 11.0 Å². The Morgan fingerprint density at radius 1 is 0.964 bits per heavy atom. The summed E-state index contributed by atoms with van der Waals surface area (Å²) in [4.78, 5) is 18.0. The van der Waals surface area contributed by atoms with E-state index in [0.29, 0.717) is 11.8 Å². The SMILES string of the molecule is Cc1noc(C)c1-c1cc(-c2c(C3CC3)noc2C2CC2)c2[nH]c(=O)[nH]c2c1. The van der Waals surface area contributed by atoms with Gasteiger partial charge in [-0.15, -0.1) is 0 Å². The van der Waals surface area contributed by atoms with Gasteiger partial charge in [0.25, 0.3) is 0 Å². The molecule has 0 unspecified atom stereocenters. The van der Waals surface area contributed by atoms with Crippen molar-refractivity contribution in [2.45, 2.75) is 51.4 Å². The fourth-order valence-corrected chi connectivity index (χ4v) is 4.23. The second kappa shape index (κ2) is 5.47. The lowest BCUT2D eigenvalue weighted by Gasteiger charge is -2.09. The molecule has 2 aliphatic rings. The van der Waals surface area contributed by atoms with E-state index in [9.17, 15) is 4.79 Å². The van der Waals surface area contributed by atoms with Crippen LogP contribution in [0.4, 0.5) is 0 Å². The highest BCUT2D eigenvalue weighted by atomic mass is 16.5.